The molecule has 2 rings (SSSR count). The lowest BCUT2D eigenvalue weighted by atomic mass is 9.83. The van der Waals surface area contributed by atoms with Gasteiger partial charge in [0.2, 0.25) is 0 Å². The van der Waals surface area contributed by atoms with Crippen molar-refractivity contribution in [3.63, 3.8) is 0 Å². The summed E-state index contributed by atoms with van der Waals surface area (Å²) in [5.41, 5.74) is 4.67. The van der Waals surface area contributed by atoms with Gasteiger partial charge in [0.15, 0.2) is 0 Å². The van der Waals surface area contributed by atoms with Crippen molar-refractivity contribution in [3.05, 3.63) is 34.4 Å². The summed E-state index contributed by atoms with van der Waals surface area (Å²) in [5, 5.41) is 2.58. The summed E-state index contributed by atoms with van der Waals surface area (Å²) in [6.45, 7) is 6.21. The number of hydrogen-bond donors (Lipinski definition) is 1. The largest absolute Gasteiger partial charge is 0.372 e. The van der Waals surface area contributed by atoms with E-state index in [1.165, 1.54) is 5.56 Å². The summed E-state index contributed by atoms with van der Waals surface area (Å²) < 4.78 is 30.6. The summed E-state index contributed by atoms with van der Waals surface area (Å²) in [7, 11) is 0. The van der Waals surface area contributed by atoms with Crippen molar-refractivity contribution in [3.8, 4) is 0 Å². The molecule has 0 radical (unpaired) electrons. The molecular weight excluding hydrogens is 256 g/mol. The summed E-state index contributed by atoms with van der Waals surface area (Å²) >= 11 is 0. The van der Waals surface area contributed by atoms with Crippen molar-refractivity contribution in [2.24, 2.45) is 4.99 Å². The molecule has 3 heteroatoms. The van der Waals surface area contributed by atoms with Crippen LogP contribution in [0.4, 0.5) is 0 Å². The molecule has 0 atom stereocenters. The Morgan fingerprint density at radius 1 is 1.26 bits per heavy atom. The summed E-state index contributed by atoms with van der Waals surface area (Å²) in [6, 6.07) is 4.31. The molecule has 0 amide bonds. The SMILES string of the molecule is Cl.[2H]C1([2H])N=C(Cc2c(C)cc(C(C)(C)C)cc2C)NC1([2H])[2H]. The average Bonchev–Trinajstić information content (AvgIpc) is 2.50. The van der Waals surface area contributed by atoms with Gasteiger partial charge in [0.1, 0.15) is 5.84 Å². The number of aliphatic imine (C=N–C) groups is 1. The van der Waals surface area contributed by atoms with Crippen LogP contribution in [0.3, 0.4) is 0 Å². The van der Waals surface area contributed by atoms with Crippen LogP contribution in [0.25, 0.3) is 0 Å². The van der Waals surface area contributed by atoms with E-state index in [0.717, 1.165) is 16.7 Å². The highest BCUT2D eigenvalue weighted by Gasteiger charge is 2.17. The van der Waals surface area contributed by atoms with Crippen molar-refractivity contribution < 1.29 is 5.48 Å². The maximum atomic E-state index is 7.67. The molecule has 1 aliphatic heterocycles. The van der Waals surface area contributed by atoms with Crippen molar-refractivity contribution in [2.45, 2.75) is 46.5 Å². The maximum Gasteiger partial charge on any atom is 0.101 e. The van der Waals surface area contributed by atoms with E-state index in [2.05, 4.69) is 43.2 Å². The first-order valence-electron chi connectivity index (χ1n) is 8.31. The molecule has 1 aliphatic rings. The van der Waals surface area contributed by atoms with E-state index in [4.69, 9.17) is 5.48 Å². The van der Waals surface area contributed by atoms with Crippen molar-refractivity contribution in [1.82, 2.24) is 5.32 Å². The molecule has 1 heterocycles. The van der Waals surface area contributed by atoms with Crippen LogP contribution in [0.2, 0.25) is 0 Å². The van der Waals surface area contributed by atoms with Crippen LogP contribution in [-0.4, -0.2) is 18.8 Å². The Bertz CT molecular complexity index is 610. The molecule has 0 fully saturated rings. The summed E-state index contributed by atoms with van der Waals surface area (Å²) in [4.78, 5) is 3.89. The van der Waals surface area contributed by atoms with Crippen LogP contribution in [0.1, 0.15) is 48.5 Å². The Morgan fingerprint density at radius 3 is 2.26 bits per heavy atom. The fourth-order valence-corrected chi connectivity index (χ4v) is 2.18. The predicted octanol–water partition coefficient (Wildman–Crippen LogP) is 3.57. The third kappa shape index (κ3) is 3.73. The Kier molecular flexibility index (Phi) is 3.36. The van der Waals surface area contributed by atoms with Crippen LogP contribution >= 0.6 is 12.4 Å². The fraction of sp³-hybridized carbons (Fsp3) is 0.562. The molecule has 0 bridgehead atoms. The van der Waals surface area contributed by atoms with Crippen LogP contribution < -0.4 is 5.32 Å². The summed E-state index contributed by atoms with van der Waals surface area (Å²) in [6.07, 6.45) is 0.418. The third-order valence-electron chi connectivity index (χ3n) is 3.36. The highest BCUT2D eigenvalue weighted by Crippen LogP contribution is 2.27. The molecule has 0 spiro atoms. The minimum Gasteiger partial charge on any atom is -0.372 e. The second kappa shape index (κ2) is 5.96. The molecule has 2 nitrogen and oxygen atoms in total. The standard InChI is InChI=1S/C16H24N2.ClH/c1-11-8-13(16(3,4)5)9-12(2)14(11)10-15-17-6-7-18-15;/h8-9H,6-7,10H2,1-5H3,(H,17,18);1H/i6D2,7D2;. The van der Waals surface area contributed by atoms with Gasteiger partial charge in [0.05, 0.1) is 12.0 Å². The van der Waals surface area contributed by atoms with Gasteiger partial charge < -0.3 is 5.32 Å². The first-order valence-corrected chi connectivity index (χ1v) is 6.31. The van der Waals surface area contributed by atoms with E-state index in [0.29, 0.717) is 12.3 Å². The van der Waals surface area contributed by atoms with Crippen LogP contribution in [-0.2, 0) is 11.8 Å². The molecule has 106 valence electrons. The average molecular weight is 285 g/mol. The topological polar surface area (TPSA) is 24.4 Å². The normalized spacial score (nSPS) is 23.1. The van der Waals surface area contributed by atoms with Crippen molar-refractivity contribution in [2.75, 3.05) is 13.0 Å². The van der Waals surface area contributed by atoms with E-state index in [1.54, 1.807) is 0 Å². The monoisotopic (exact) mass is 284 g/mol. The molecule has 1 aromatic rings. The van der Waals surface area contributed by atoms with Gasteiger partial charge in [0.25, 0.3) is 0 Å². The second-order valence-corrected chi connectivity index (χ2v) is 5.94. The maximum absolute atomic E-state index is 7.67. The molecule has 0 aromatic heterocycles. The Hall–Kier alpha value is -1.02. The van der Waals surface area contributed by atoms with Gasteiger partial charge >= 0.3 is 0 Å². The quantitative estimate of drug-likeness (QED) is 0.882. The zero-order valence-corrected chi connectivity index (χ0v) is 13.0. The second-order valence-electron chi connectivity index (χ2n) is 5.94. The highest BCUT2D eigenvalue weighted by atomic mass is 35.5. The van der Waals surface area contributed by atoms with E-state index < -0.39 is 13.0 Å². The van der Waals surface area contributed by atoms with Gasteiger partial charge in [-0.2, -0.15) is 0 Å². The Morgan fingerprint density at radius 2 is 1.84 bits per heavy atom. The van der Waals surface area contributed by atoms with Crippen LogP contribution in [0.15, 0.2) is 17.1 Å². The van der Waals surface area contributed by atoms with E-state index in [1.807, 2.05) is 13.8 Å². The lowest BCUT2D eigenvalue weighted by molar-refractivity contribution is 0.589. The van der Waals surface area contributed by atoms with E-state index >= 15 is 0 Å². The fourth-order valence-electron chi connectivity index (χ4n) is 2.18. The smallest absolute Gasteiger partial charge is 0.101 e. The zero-order valence-electron chi connectivity index (χ0n) is 16.2. The highest BCUT2D eigenvalue weighted by molar-refractivity contribution is 5.86. The van der Waals surface area contributed by atoms with Gasteiger partial charge in [-0.1, -0.05) is 32.9 Å². The molecule has 1 aromatic carbocycles. The van der Waals surface area contributed by atoms with E-state index in [-0.39, 0.29) is 17.8 Å². The molecule has 1 N–H and O–H groups in total. The zero-order chi connectivity index (χ0) is 16.9. The molecule has 0 saturated carbocycles. The van der Waals surface area contributed by atoms with Crippen molar-refractivity contribution in [1.29, 1.82) is 0 Å². The molecule has 0 aliphatic carbocycles. The minimum atomic E-state index is -2.23. The van der Waals surface area contributed by atoms with Gasteiger partial charge in [-0.25, -0.2) is 0 Å². The van der Waals surface area contributed by atoms with Crippen LogP contribution in [0, 0.1) is 13.8 Å². The number of halogens is 1. The number of nitrogens with one attached hydrogen (secondary N) is 1. The molecule has 19 heavy (non-hydrogen) atoms. The van der Waals surface area contributed by atoms with Crippen molar-refractivity contribution >= 4 is 18.2 Å². The predicted molar refractivity (Wildman–Crippen MR) is 85.9 cm³/mol. The Balaban J connectivity index is 0.00000264. The first kappa shape index (κ1) is 10.7. The number of aryl methyl sites for hydroxylation is 2. The summed E-state index contributed by atoms with van der Waals surface area (Å²) in [5.74, 6) is 0.365. The van der Waals surface area contributed by atoms with Gasteiger partial charge in [-0.15, -0.1) is 12.4 Å². The van der Waals surface area contributed by atoms with Gasteiger partial charge in [0, 0.05) is 12.9 Å². The Labute approximate surface area is 128 Å². The van der Waals surface area contributed by atoms with E-state index in [9.17, 15) is 0 Å². The third-order valence-corrected chi connectivity index (χ3v) is 3.36. The number of hydrogen-bond acceptors (Lipinski definition) is 2. The van der Waals surface area contributed by atoms with Gasteiger partial charge in [-0.05, 0) is 41.5 Å². The number of nitrogens with zero attached hydrogens (tertiary/aromatic N) is 1. The lowest BCUT2D eigenvalue weighted by Crippen LogP contribution is -2.22. The molecule has 0 saturated heterocycles. The number of rotatable bonds is 2. The van der Waals surface area contributed by atoms with Crippen LogP contribution in [0.5, 0.6) is 0 Å². The number of benzene rings is 1. The van der Waals surface area contributed by atoms with Gasteiger partial charge in [-0.3, -0.25) is 4.99 Å². The first-order chi connectivity index (χ1) is 9.83. The number of amidine groups is 1. The minimum absolute atomic E-state index is 0. The lowest BCUT2D eigenvalue weighted by Gasteiger charge is -2.22. The molecule has 0 unspecified atom stereocenters. The molecular formula is C16H25ClN2.